The number of aromatic nitrogens is 4. The zero-order chi connectivity index (χ0) is 17.9. The molecule has 1 fully saturated rings. The van der Waals surface area contributed by atoms with Crippen molar-refractivity contribution in [1.82, 2.24) is 25.7 Å². The van der Waals surface area contributed by atoms with Crippen LogP contribution >= 0.6 is 11.3 Å². The highest BCUT2D eigenvalue weighted by Gasteiger charge is 2.20. The highest BCUT2D eigenvalue weighted by molar-refractivity contribution is 7.14. The van der Waals surface area contributed by atoms with Crippen molar-refractivity contribution < 1.29 is 4.42 Å². The number of nitrogens with zero attached hydrogens (tertiary/aromatic N) is 5. The van der Waals surface area contributed by atoms with E-state index in [0.717, 1.165) is 41.5 Å². The van der Waals surface area contributed by atoms with E-state index >= 15 is 0 Å². The zero-order valence-corrected chi connectivity index (χ0v) is 15.8. The van der Waals surface area contributed by atoms with E-state index in [1.807, 2.05) is 13.8 Å². The molecular weight excluding hydrogens is 348 g/mol. The molecule has 3 heterocycles. The number of rotatable bonds is 5. The summed E-state index contributed by atoms with van der Waals surface area (Å²) in [4.78, 5) is 2.44. The van der Waals surface area contributed by atoms with Gasteiger partial charge in [0.15, 0.2) is 0 Å². The van der Waals surface area contributed by atoms with Crippen LogP contribution in [0.3, 0.4) is 0 Å². The summed E-state index contributed by atoms with van der Waals surface area (Å²) >= 11 is 1.63. The molecule has 0 atom stereocenters. The fourth-order valence-electron chi connectivity index (χ4n) is 3.23. The second kappa shape index (κ2) is 7.51. The van der Waals surface area contributed by atoms with Gasteiger partial charge < -0.3 is 14.6 Å². The lowest BCUT2D eigenvalue weighted by atomic mass is 10.0. The third kappa shape index (κ3) is 3.91. The summed E-state index contributed by atoms with van der Waals surface area (Å²) in [6.07, 6.45) is 2.19. The van der Waals surface area contributed by atoms with Crippen LogP contribution in [0.4, 0.5) is 5.69 Å². The van der Waals surface area contributed by atoms with Gasteiger partial charge in [-0.05, 0) is 31.9 Å². The number of benzene rings is 1. The van der Waals surface area contributed by atoms with Gasteiger partial charge >= 0.3 is 0 Å². The number of aryl methyl sites for hydroxylation is 2. The van der Waals surface area contributed by atoms with Crippen LogP contribution in [0.1, 0.15) is 29.6 Å². The van der Waals surface area contributed by atoms with Crippen LogP contribution in [0.25, 0.3) is 10.6 Å². The normalized spacial score (nSPS) is 15.5. The lowest BCUT2D eigenvalue weighted by Crippen LogP contribution is -2.42. The first-order chi connectivity index (χ1) is 12.7. The SMILES string of the molecule is Cc1nnc(CNC2CCN(c3cccc(-c4nnc(C)s4)c3)CC2)o1. The maximum atomic E-state index is 5.42. The molecular formula is C18H22N6OS. The molecule has 0 unspecified atom stereocenters. The Labute approximate surface area is 156 Å². The van der Waals surface area contributed by atoms with E-state index in [9.17, 15) is 0 Å². The van der Waals surface area contributed by atoms with Crippen molar-refractivity contribution in [3.05, 3.63) is 41.1 Å². The van der Waals surface area contributed by atoms with Crippen LogP contribution in [0, 0.1) is 13.8 Å². The van der Waals surface area contributed by atoms with Crippen molar-refractivity contribution in [1.29, 1.82) is 0 Å². The summed E-state index contributed by atoms with van der Waals surface area (Å²) in [5, 5.41) is 21.8. The van der Waals surface area contributed by atoms with Gasteiger partial charge in [-0.2, -0.15) is 0 Å². The van der Waals surface area contributed by atoms with E-state index in [-0.39, 0.29) is 0 Å². The summed E-state index contributed by atoms with van der Waals surface area (Å²) in [6, 6.07) is 9.07. The van der Waals surface area contributed by atoms with Crippen molar-refractivity contribution in [3.63, 3.8) is 0 Å². The maximum Gasteiger partial charge on any atom is 0.230 e. The predicted molar refractivity (Wildman–Crippen MR) is 101 cm³/mol. The summed E-state index contributed by atoms with van der Waals surface area (Å²) in [6.45, 7) is 6.49. The third-order valence-electron chi connectivity index (χ3n) is 4.59. The fraction of sp³-hybridized carbons (Fsp3) is 0.444. The van der Waals surface area contributed by atoms with Gasteiger partial charge in [-0.25, -0.2) is 0 Å². The Morgan fingerprint density at radius 2 is 2.00 bits per heavy atom. The average molecular weight is 370 g/mol. The van der Waals surface area contributed by atoms with Crippen LogP contribution in [-0.2, 0) is 6.54 Å². The molecule has 8 heteroatoms. The Morgan fingerprint density at radius 1 is 1.15 bits per heavy atom. The molecule has 1 aliphatic rings. The molecule has 0 radical (unpaired) electrons. The fourth-order valence-corrected chi connectivity index (χ4v) is 3.92. The Balaban J connectivity index is 1.34. The van der Waals surface area contributed by atoms with E-state index in [1.165, 1.54) is 5.69 Å². The first-order valence-corrected chi connectivity index (χ1v) is 9.67. The first kappa shape index (κ1) is 17.1. The molecule has 136 valence electrons. The number of hydrogen-bond donors (Lipinski definition) is 1. The van der Waals surface area contributed by atoms with Gasteiger partial charge in [0.25, 0.3) is 0 Å². The van der Waals surface area contributed by atoms with Crippen molar-refractivity contribution >= 4 is 17.0 Å². The van der Waals surface area contributed by atoms with Crippen molar-refractivity contribution in [3.8, 4) is 10.6 Å². The molecule has 1 aliphatic heterocycles. The van der Waals surface area contributed by atoms with Crippen LogP contribution in [0.5, 0.6) is 0 Å². The summed E-state index contributed by atoms with van der Waals surface area (Å²) in [7, 11) is 0. The molecule has 1 saturated heterocycles. The van der Waals surface area contributed by atoms with Crippen molar-refractivity contribution in [2.45, 2.75) is 39.3 Å². The largest absolute Gasteiger partial charge is 0.424 e. The number of piperidine rings is 1. The standard InChI is InChI=1S/C18H22N6OS/c1-12-20-22-17(25-12)11-19-15-6-8-24(9-7-15)16-5-3-4-14(10-16)18-23-21-13(2)26-18/h3-5,10,15,19H,6-9,11H2,1-2H3. The van der Waals surface area contributed by atoms with Gasteiger partial charge in [-0.3, -0.25) is 0 Å². The average Bonchev–Trinajstić information content (AvgIpc) is 3.29. The first-order valence-electron chi connectivity index (χ1n) is 8.85. The molecule has 2 aromatic heterocycles. The maximum absolute atomic E-state index is 5.42. The van der Waals surface area contributed by atoms with Crippen LogP contribution in [0.15, 0.2) is 28.7 Å². The quantitative estimate of drug-likeness (QED) is 0.739. The molecule has 0 saturated carbocycles. The van der Waals surface area contributed by atoms with E-state index in [4.69, 9.17) is 4.42 Å². The summed E-state index contributed by atoms with van der Waals surface area (Å²) < 4.78 is 5.42. The minimum atomic E-state index is 0.479. The minimum absolute atomic E-state index is 0.479. The van der Waals surface area contributed by atoms with Gasteiger partial charge in [0.2, 0.25) is 11.8 Å². The number of anilines is 1. The Hall–Kier alpha value is -2.32. The summed E-state index contributed by atoms with van der Waals surface area (Å²) in [5.74, 6) is 1.27. The van der Waals surface area contributed by atoms with Crippen molar-refractivity contribution in [2.24, 2.45) is 0 Å². The third-order valence-corrected chi connectivity index (χ3v) is 5.48. The molecule has 0 spiro atoms. The second-order valence-electron chi connectivity index (χ2n) is 6.53. The van der Waals surface area contributed by atoms with E-state index in [1.54, 1.807) is 11.3 Å². The molecule has 1 N–H and O–H groups in total. The number of hydrogen-bond acceptors (Lipinski definition) is 8. The second-order valence-corrected chi connectivity index (χ2v) is 7.72. The van der Waals surface area contributed by atoms with Gasteiger partial charge in [0.05, 0.1) is 6.54 Å². The Bertz CT molecular complexity index is 868. The number of nitrogens with one attached hydrogen (secondary N) is 1. The van der Waals surface area contributed by atoms with Crippen LogP contribution < -0.4 is 10.2 Å². The topological polar surface area (TPSA) is 80.0 Å². The molecule has 1 aromatic carbocycles. The molecule has 0 amide bonds. The molecule has 0 bridgehead atoms. The Morgan fingerprint density at radius 3 is 2.69 bits per heavy atom. The van der Waals surface area contributed by atoms with E-state index in [2.05, 4.69) is 54.9 Å². The minimum Gasteiger partial charge on any atom is -0.424 e. The van der Waals surface area contributed by atoms with Gasteiger partial charge in [0, 0.05) is 37.3 Å². The molecule has 4 rings (SSSR count). The monoisotopic (exact) mass is 370 g/mol. The lowest BCUT2D eigenvalue weighted by molar-refractivity contribution is 0.378. The smallest absolute Gasteiger partial charge is 0.230 e. The highest BCUT2D eigenvalue weighted by Crippen LogP contribution is 2.28. The highest BCUT2D eigenvalue weighted by atomic mass is 32.1. The Kier molecular flexibility index (Phi) is 4.94. The van der Waals surface area contributed by atoms with E-state index in [0.29, 0.717) is 24.4 Å². The van der Waals surface area contributed by atoms with Crippen LogP contribution in [-0.4, -0.2) is 39.5 Å². The zero-order valence-electron chi connectivity index (χ0n) is 15.0. The van der Waals surface area contributed by atoms with Crippen LogP contribution in [0.2, 0.25) is 0 Å². The summed E-state index contributed by atoms with van der Waals surface area (Å²) in [5.41, 5.74) is 2.39. The van der Waals surface area contributed by atoms with Gasteiger partial charge in [-0.15, -0.1) is 20.4 Å². The van der Waals surface area contributed by atoms with E-state index < -0.39 is 0 Å². The van der Waals surface area contributed by atoms with Gasteiger partial charge in [0.1, 0.15) is 10.0 Å². The molecule has 7 nitrogen and oxygen atoms in total. The molecule has 0 aliphatic carbocycles. The lowest BCUT2D eigenvalue weighted by Gasteiger charge is -2.34. The molecule has 3 aromatic rings. The van der Waals surface area contributed by atoms with Gasteiger partial charge in [-0.1, -0.05) is 23.5 Å². The predicted octanol–water partition coefficient (Wildman–Crippen LogP) is 2.96. The van der Waals surface area contributed by atoms with Crippen molar-refractivity contribution in [2.75, 3.05) is 18.0 Å². The molecule has 26 heavy (non-hydrogen) atoms.